The number of rotatable bonds is 5. The first-order valence-electron chi connectivity index (χ1n) is 7.55. The molecule has 1 fully saturated rings. The Morgan fingerprint density at radius 2 is 1.87 bits per heavy atom. The molecule has 2 aromatic rings. The van der Waals surface area contributed by atoms with Gasteiger partial charge < -0.3 is 10.6 Å². The van der Waals surface area contributed by atoms with E-state index in [4.69, 9.17) is 0 Å². The van der Waals surface area contributed by atoms with Crippen LogP contribution in [0.15, 0.2) is 48.5 Å². The third-order valence-corrected chi connectivity index (χ3v) is 4.35. The summed E-state index contributed by atoms with van der Waals surface area (Å²) in [5.41, 5.74) is 2.38. The Morgan fingerprint density at radius 3 is 2.61 bits per heavy atom. The number of carbonyl (C=O) groups excluding carboxylic acids is 2. The predicted octanol–water partition coefficient (Wildman–Crippen LogP) is 3.57. The molecule has 0 heterocycles. The zero-order valence-corrected chi connectivity index (χ0v) is 14.7. The number of halogens is 1. The van der Waals surface area contributed by atoms with E-state index in [1.165, 1.54) is 0 Å². The molecule has 0 bridgehead atoms. The van der Waals surface area contributed by atoms with Gasteiger partial charge in [-0.1, -0.05) is 18.2 Å². The first-order valence-corrected chi connectivity index (χ1v) is 8.63. The molecule has 0 atom stereocenters. The van der Waals surface area contributed by atoms with Gasteiger partial charge in [0.05, 0.1) is 0 Å². The Labute approximate surface area is 148 Å². The SMILES string of the molecule is O=C(NCc1cccc(NC(=O)C2CC2)c1)c1cccc(I)c1. The molecule has 1 aliphatic carbocycles. The maximum absolute atomic E-state index is 12.1. The van der Waals surface area contributed by atoms with Gasteiger partial charge in [-0.05, 0) is 71.3 Å². The van der Waals surface area contributed by atoms with Gasteiger partial charge in [-0.3, -0.25) is 9.59 Å². The molecule has 0 spiro atoms. The number of benzene rings is 2. The number of amides is 2. The molecule has 118 valence electrons. The monoisotopic (exact) mass is 420 g/mol. The fourth-order valence-electron chi connectivity index (χ4n) is 2.26. The topological polar surface area (TPSA) is 58.2 Å². The number of anilines is 1. The first kappa shape index (κ1) is 16.0. The highest BCUT2D eigenvalue weighted by atomic mass is 127. The van der Waals surface area contributed by atoms with Gasteiger partial charge in [-0.2, -0.15) is 0 Å². The maximum Gasteiger partial charge on any atom is 0.251 e. The maximum atomic E-state index is 12.1. The van der Waals surface area contributed by atoms with E-state index in [9.17, 15) is 9.59 Å². The Morgan fingerprint density at radius 1 is 1.09 bits per heavy atom. The average molecular weight is 420 g/mol. The van der Waals surface area contributed by atoms with Crippen molar-refractivity contribution in [2.45, 2.75) is 19.4 Å². The van der Waals surface area contributed by atoms with Crippen LogP contribution in [-0.4, -0.2) is 11.8 Å². The molecule has 0 saturated heterocycles. The molecule has 0 aromatic heterocycles. The van der Waals surface area contributed by atoms with E-state index in [0.29, 0.717) is 12.1 Å². The number of nitrogens with one attached hydrogen (secondary N) is 2. The molecular formula is C18H17IN2O2. The second-order valence-corrected chi connectivity index (χ2v) is 6.90. The highest BCUT2D eigenvalue weighted by Gasteiger charge is 2.29. The molecule has 1 aliphatic rings. The van der Waals surface area contributed by atoms with Crippen LogP contribution in [0.4, 0.5) is 5.69 Å². The van der Waals surface area contributed by atoms with Gasteiger partial charge in [0.1, 0.15) is 0 Å². The lowest BCUT2D eigenvalue weighted by molar-refractivity contribution is -0.117. The van der Waals surface area contributed by atoms with Crippen LogP contribution < -0.4 is 10.6 Å². The average Bonchev–Trinajstić information content (AvgIpc) is 3.38. The Bertz CT molecular complexity index is 741. The third kappa shape index (κ3) is 4.54. The van der Waals surface area contributed by atoms with Crippen LogP contribution in [0.25, 0.3) is 0 Å². The Hall–Kier alpha value is -1.89. The van der Waals surface area contributed by atoms with Gasteiger partial charge in [0, 0.05) is 27.3 Å². The summed E-state index contributed by atoms with van der Waals surface area (Å²) >= 11 is 2.18. The van der Waals surface area contributed by atoms with Crippen molar-refractivity contribution in [3.8, 4) is 0 Å². The molecule has 23 heavy (non-hydrogen) atoms. The van der Waals surface area contributed by atoms with E-state index in [1.54, 1.807) is 6.07 Å². The van der Waals surface area contributed by atoms with Crippen molar-refractivity contribution in [1.82, 2.24) is 5.32 Å². The summed E-state index contributed by atoms with van der Waals surface area (Å²) in [6.07, 6.45) is 1.97. The van der Waals surface area contributed by atoms with Crippen molar-refractivity contribution in [3.05, 3.63) is 63.2 Å². The number of hydrogen-bond donors (Lipinski definition) is 2. The zero-order chi connectivity index (χ0) is 16.2. The zero-order valence-electron chi connectivity index (χ0n) is 12.5. The van der Waals surface area contributed by atoms with Crippen LogP contribution in [0.2, 0.25) is 0 Å². The fraction of sp³-hybridized carbons (Fsp3) is 0.222. The second kappa shape index (κ2) is 7.12. The van der Waals surface area contributed by atoms with Gasteiger partial charge in [0.2, 0.25) is 5.91 Å². The van der Waals surface area contributed by atoms with Crippen molar-refractivity contribution in [3.63, 3.8) is 0 Å². The van der Waals surface area contributed by atoms with Gasteiger partial charge >= 0.3 is 0 Å². The second-order valence-electron chi connectivity index (χ2n) is 5.66. The molecule has 1 saturated carbocycles. The molecule has 3 rings (SSSR count). The quantitative estimate of drug-likeness (QED) is 0.727. The summed E-state index contributed by atoms with van der Waals surface area (Å²) in [7, 11) is 0. The Balaban J connectivity index is 1.59. The van der Waals surface area contributed by atoms with E-state index in [0.717, 1.165) is 27.7 Å². The minimum Gasteiger partial charge on any atom is -0.348 e. The van der Waals surface area contributed by atoms with Gasteiger partial charge in [-0.25, -0.2) is 0 Å². The molecule has 2 amide bonds. The van der Waals surface area contributed by atoms with Crippen molar-refractivity contribution < 1.29 is 9.59 Å². The van der Waals surface area contributed by atoms with Crippen molar-refractivity contribution in [2.75, 3.05) is 5.32 Å². The molecule has 4 nitrogen and oxygen atoms in total. The molecule has 0 aliphatic heterocycles. The molecule has 0 radical (unpaired) electrons. The lowest BCUT2D eigenvalue weighted by Crippen LogP contribution is -2.23. The highest BCUT2D eigenvalue weighted by molar-refractivity contribution is 14.1. The van der Waals surface area contributed by atoms with Gasteiger partial charge in [-0.15, -0.1) is 0 Å². The summed E-state index contributed by atoms with van der Waals surface area (Å²) < 4.78 is 1.03. The van der Waals surface area contributed by atoms with Crippen LogP contribution in [0, 0.1) is 9.49 Å². The van der Waals surface area contributed by atoms with Crippen molar-refractivity contribution in [2.24, 2.45) is 5.92 Å². The highest BCUT2D eigenvalue weighted by Crippen LogP contribution is 2.30. The van der Waals surface area contributed by atoms with Crippen LogP contribution >= 0.6 is 22.6 Å². The molecular weight excluding hydrogens is 403 g/mol. The first-order chi connectivity index (χ1) is 11.1. The van der Waals surface area contributed by atoms with Crippen LogP contribution in [0.3, 0.4) is 0 Å². The fourth-order valence-corrected chi connectivity index (χ4v) is 2.81. The molecule has 0 unspecified atom stereocenters. The smallest absolute Gasteiger partial charge is 0.251 e. The van der Waals surface area contributed by atoms with Crippen LogP contribution in [0.5, 0.6) is 0 Å². The predicted molar refractivity (Wildman–Crippen MR) is 98.1 cm³/mol. The minimum absolute atomic E-state index is 0.0880. The summed E-state index contributed by atoms with van der Waals surface area (Å²) in [4.78, 5) is 23.9. The molecule has 2 aromatic carbocycles. The van der Waals surface area contributed by atoms with Gasteiger partial charge in [0.15, 0.2) is 0 Å². The van der Waals surface area contributed by atoms with Crippen molar-refractivity contribution in [1.29, 1.82) is 0 Å². The van der Waals surface area contributed by atoms with E-state index < -0.39 is 0 Å². The summed E-state index contributed by atoms with van der Waals surface area (Å²) in [6.45, 7) is 0.428. The van der Waals surface area contributed by atoms with Crippen LogP contribution in [-0.2, 0) is 11.3 Å². The third-order valence-electron chi connectivity index (χ3n) is 3.68. The minimum atomic E-state index is -0.101. The van der Waals surface area contributed by atoms with E-state index in [1.807, 2.05) is 42.5 Å². The van der Waals surface area contributed by atoms with Crippen LogP contribution in [0.1, 0.15) is 28.8 Å². The lowest BCUT2D eigenvalue weighted by Gasteiger charge is -2.09. The summed E-state index contributed by atoms with van der Waals surface area (Å²) in [5, 5.41) is 5.82. The molecule has 5 heteroatoms. The number of carbonyl (C=O) groups is 2. The van der Waals surface area contributed by atoms with Gasteiger partial charge in [0.25, 0.3) is 5.91 Å². The molecule has 2 N–H and O–H groups in total. The van der Waals surface area contributed by atoms with Crippen molar-refractivity contribution >= 4 is 40.1 Å². The lowest BCUT2D eigenvalue weighted by atomic mass is 10.1. The standard InChI is InChI=1S/C18H17IN2O2/c19-15-5-2-4-14(10-15)17(22)20-11-12-3-1-6-16(9-12)21-18(23)13-7-8-13/h1-6,9-10,13H,7-8,11H2,(H,20,22)(H,21,23). The Kier molecular flexibility index (Phi) is 4.95. The van der Waals surface area contributed by atoms with E-state index >= 15 is 0 Å². The van der Waals surface area contributed by atoms with E-state index in [-0.39, 0.29) is 17.7 Å². The number of hydrogen-bond acceptors (Lipinski definition) is 2. The normalized spacial score (nSPS) is 13.4. The van der Waals surface area contributed by atoms with E-state index in [2.05, 4.69) is 33.2 Å². The summed E-state index contributed by atoms with van der Waals surface area (Å²) in [6, 6.07) is 15.0. The summed E-state index contributed by atoms with van der Waals surface area (Å²) in [5.74, 6) is 0.167. The largest absolute Gasteiger partial charge is 0.348 e.